The van der Waals surface area contributed by atoms with Gasteiger partial charge < -0.3 is 29.8 Å². The first-order valence-corrected chi connectivity index (χ1v) is 9.99. The number of allylic oxidation sites excluding steroid dienone is 4. The maximum atomic E-state index is 3.44. The number of nitrogens with one attached hydrogen (secondary N) is 1. The first-order valence-electron chi connectivity index (χ1n) is 9.99. The van der Waals surface area contributed by atoms with Crippen molar-refractivity contribution in [3.05, 3.63) is 58.3 Å². The van der Waals surface area contributed by atoms with Crippen LogP contribution in [0.1, 0.15) is 87.3 Å². The van der Waals surface area contributed by atoms with Crippen molar-refractivity contribution in [3.8, 4) is 0 Å². The number of halogens is 2. The molecule has 1 aliphatic carbocycles. The Kier molecular flexibility index (Phi) is 11.5. The van der Waals surface area contributed by atoms with Gasteiger partial charge in [0.1, 0.15) is 0 Å². The molecule has 0 atom stereocenters. The Morgan fingerprint density at radius 1 is 0.867 bits per heavy atom. The quantitative estimate of drug-likeness (QED) is 0.435. The third-order valence-corrected chi connectivity index (χ3v) is 5.76. The van der Waals surface area contributed by atoms with E-state index in [2.05, 4.69) is 112 Å². The summed E-state index contributed by atoms with van der Waals surface area (Å²) in [5.74, 6) is 0. The molecule has 1 heterocycles. The fourth-order valence-corrected chi connectivity index (χ4v) is 3.71. The van der Waals surface area contributed by atoms with E-state index in [4.69, 9.17) is 0 Å². The number of rotatable bonds is 0. The molecule has 4 heteroatoms. The summed E-state index contributed by atoms with van der Waals surface area (Å²) < 4.78 is 0. The number of aromatic amines is 1. The Bertz CT molecular complexity index is 903. The first kappa shape index (κ1) is 31.7. The maximum absolute atomic E-state index is 3.44. The molecule has 0 saturated heterocycles. The maximum Gasteiger partial charge on any atom is 4.00 e. The summed E-state index contributed by atoms with van der Waals surface area (Å²) in [6.45, 7) is 24.4. The molecule has 0 amide bonds. The zero-order valence-corrected chi connectivity index (χ0v) is 23.6. The number of fused-ring (bicyclic) bond motifs is 1. The van der Waals surface area contributed by atoms with Gasteiger partial charge in [-0.05, 0) is 10.8 Å². The molecule has 164 valence electrons. The summed E-state index contributed by atoms with van der Waals surface area (Å²) in [6, 6.07) is 6.50. The third kappa shape index (κ3) is 6.76. The van der Waals surface area contributed by atoms with Gasteiger partial charge in [0.25, 0.3) is 0 Å². The minimum Gasteiger partial charge on any atom is -1.00 e. The van der Waals surface area contributed by atoms with Crippen molar-refractivity contribution >= 4 is 10.9 Å². The molecule has 0 unspecified atom stereocenters. The van der Waals surface area contributed by atoms with E-state index in [1.807, 2.05) is 0 Å². The van der Waals surface area contributed by atoms with E-state index in [1.54, 1.807) is 0 Å². The zero-order valence-electron chi connectivity index (χ0n) is 20.5. The van der Waals surface area contributed by atoms with E-state index in [1.165, 1.54) is 38.7 Å². The van der Waals surface area contributed by atoms with Crippen molar-refractivity contribution in [3.63, 3.8) is 0 Å². The molecular weight excluding hydrogens is 445 g/mol. The number of hydrogen-bond acceptors (Lipinski definition) is 0. The van der Waals surface area contributed by atoms with Crippen molar-refractivity contribution in [2.45, 2.75) is 87.0 Å². The molecule has 1 aromatic carbocycles. The predicted octanol–water partition coefficient (Wildman–Crippen LogP) is 1.68. The molecule has 0 radical (unpaired) electrons. The number of aromatic nitrogens is 1. The van der Waals surface area contributed by atoms with E-state index in [9.17, 15) is 0 Å². The van der Waals surface area contributed by atoms with Crippen LogP contribution in [0.5, 0.6) is 0 Å². The predicted molar refractivity (Wildman–Crippen MR) is 119 cm³/mol. The molecule has 3 rings (SSSR count). The van der Waals surface area contributed by atoms with Crippen molar-refractivity contribution in [1.82, 2.24) is 4.98 Å². The van der Waals surface area contributed by atoms with Crippen molar-refractivity contribution in [2.75, 3.05) is 0 Å². The van der Waals surface area contributed by atoms with Crippen LogP contribution in [0.3, 0.4) is 0 Å². The monoisotopic (exact) mass is 481 g/mol. The molecule has 0 fully saturated rings. The van der Waals surface area contributed by atoms with Gasteiger partial charge in [0, 0.05) is 0 Å². The van der Waals surface area contributed by atoms with Crippen molar-refractivity contribution in [2.24, 2.45) is 5.41 Å². The Hall–Kier alpha value is -0.466. The second-order valence-corrected chi connectivity index (χ2v) is 10.5. The standard InChI is InChI=1S/C16H22N.C10H15.2ClH.Ti/c1-15(2,3)11-8-7-9-13-14(11)12(10-17-13)16(4,5)6;1-7-6-10(4,5)9(3)8(7)2;;;/h7-9,17H,1-6H3;1-5H3;2*1H;/q2*-1;;;+4/p-2. The van der Waals surface area contributed by atoms with Gasteiger partial charge in [-0.25, -0.2) is 5.57 Å². The molecule has 0 spiro atoms. The van der Waals surface area contributed by atoms with Crippen molar-refractivity contribution in [1.29, 1.82) is 0 Å². The fourth-order valence-electron chi connectivity index (χ4n) is 3.71. The molecule has 2 aromatic rings. The SMILES string of the molecule is CC(C)(C)c1[c-][nH]c2cccc(C(C)(C)C)c12.CC1=[C-]C(C)(C)C(C)=C1C.[Cl-].[Cl-].[Ti+4]. The van der Waals surface area contributed by atoms with Gasteiger partial charge in [-0.15, -0.1) is 35.7 Å². The van der Waals surface area contributed by atoms with Crippen LogP contribution in [-0.2, 0) is 32.5 Å². The van der Waals surface area contributed by atoms with Crippen LogP contribution < -0.4 is 24.8 Å². The first-order chi connectivity index (χ1) is 12.2. The van der Waals surface area contributed by atoms with Crippen LogP contribution in [0.15, 0.2) is 34.9 Å². The minimum atomic E-state index is 0. The van der Waals surface area contributed by atoms with Crippen LogP contribution in [0.4, 0.5) is 0 Å². The Balaban J connectivity index is 0. The molecule has 0 bridgehead atoms. The summed E-state index contributed by atoms with van der Waals surface area (Å²) in [5, 5.41) is 1.35. The van der Waals surface area contributed by atoms with E-state index < -0.39 is 0 Å². The summed E-state index contributed by atoms with van der Waals surface area (Å²) in [7, 11) is 0. The summed E-state index contributed by atoms with van der Waals surface area (Å²) in [5.41, 5.74) is 8.57. The summed E-state index contributed by atoms with van der Waals surface area (Å²) >= 11 is 0. The smallest absolute Gasteiger partial charge is 1.00 e. The molecule has 1 nitrogen and oxygen atoms in total. The van der Waals surface area contributed by atoms with Gasteiger partial charge in [0.2, 0.25) is 0 Å². The molecule has 0 saturated carbocycles. The Labute approximate surface area is 212 Å². The van der Waals surface area contributed by atoms with E-state index in [0.29, 0.717) is 0 Å². The number of H-pyrrole nitrogens is 1. The van der Waals surface area contributed by atoms with Gasteiger partial charge in [-0.2, -0.15) is 11.1 Å². The largest absolute Gasteiger partial charge is 4.00 e. The molecule has 0 aliphatic heterocycles. The minimum absolute atomic E-state index is 0. The van der Waals surface area contributed by atoms with Crippen molar-refractivity contribution < 1.29 is 46.5 Å². The second kappa shape index (κ2) is 10.9. The Morgan fingerprint density at radius 2 is 1.40 bits per heavy atom. The van der Waals surface area contributed by atoms with Gasteiger partial charge in [0.15, 0.2) is 0 Å². The van der Waals surface area contributed by atoms with Gasteiger partial charge in [0.05, 0.1) is 0 Å². The molecule has 1 aliphatic rings. The number of hydrogen-bond donors (Lipinski definition) is 1. The third-order valence-electron chi connectivity index (χ3n) is 5.76. The average Bonchev–Trinajstić information content (AvgIpc) is 3.02. The topological polar surface area (TPSA) is 15.8 Å². The Morgan fingerprint density at radius 3 is 1.73 bits per heavy atom. The molecule has 1 aromatic heterocycles. The van der Waals surface area contributed by atoms with E-state index in [-0.39, 0.29) is 62.8 Å². The molecular formula is C26H37Cl2NTi. The van der Waals surface area contributed by atoms with Crippen LogP contribution in [0.25, 0.3) is 10.9 Å². The van der Waals surface area contributed by atoms with Crippen LogP contribution in [-0.4, -0.2) is 4.98 Å². The zero-order chi connectivity index (χ0) is 20.8. The van der Waals surface area contributed by atoms with Crippen LogP contribution >= 0.6 is 0 Å². The number of benzene rings is 1. The fraction of sp³-hybridized carbons (Fsp3) is 0.538. The van der Waals surface area contributed by atoms with E-state index in [0.717, 1.165) is 0 Å². The average molecular weight is 482 g/mol. The van der Waals surface area contributed by atoms with E-state index >= 15 is 0 Å². The molecule has 1 N–H and O–H groups in total. The normalized spacial score (nSPS) is 15.4. The molecule has 30 heavy (non-hydrogen) atoms. The second-order valence-electron chi connectivity index (χ2n) is 10.5. The van der Waals surface area contributed by atoms with Crippen LogP contribution in [0.2, 0.25) is 0 Å². The van der Waals surface area contributed by atoms with Gasteiger partial charge in [-0.1, -0.05) is 92.3 Å². The van der Waals surface area contributed by atoms with Crippen LogP contribution in [0, 0.1) is 17.7 Å². The summed E-state index contributed by atoms with van der Waals surface area (Å²) in [6.07, 6.45) is 6.78. The van der Waals surface area contributed by atoms with Gasteiger partial charge >= 0.3 is 21.7 Å². The summed E-state index contributed by atoms with van der Waals surface area (Å²) in [4.78, 5) is 3.28. The van der Waals surface area contributed by atoms with Gasteiger partial charge in [-0.3, -0.25) is 6.08 Å².